The number of benzene rings is 2. The molecule has 6 heteroatoms. The lowest BCUT2D eigenvalue weighted by Crippen LogP contribution is -2.07. The quantitative estimate of drug-likeness (QED) is 0.779. The van der Waals surface area contributed by atoms with Gasteiger partial charge in [-0.1, -0.05) is 52.7 Å². The Bertz CT molecular complexity index is 918. The lowest BCUT2D eigenvalue weighted by molar-refractivity contribution is 0.0691. The molecule has 5 nitrogen and oxygen atoms in total. The van der Waals surface area contributed by atoms with Crippen LogP contribution in [-0.2, 0) is 6.54 Å². The Balaban J connectivity index is 2.10. The van der Waals surface area contributed by atoms with Gasteiger partial charge < -0.3 is 5.11 Å². The summed E-state index contributed by atoms with van der Waals surface area (Å²) in [6.45, 7) is 4.50. The fourth-order valence-electron chi connectivity index (χ4n) is 2.67. The molecule has 0 aliphatic heterocycles. The Kier molecular flexibility index (Phi) is 4.36. The van der Waals surface area contributed by atoms with Gasteiger partial charge in [-0.25, -0.2) is 9.48 Å². The first-order valence-corrected chi connectivity index (χ1v) is 7.82. The standard InChI is InChI=1S/C18H16ClN3O2/c1-11-6-7-14(12(2)8-11)10-22-17(16(18(23)24)20-21-22)13-4-3-5-15(19)9-13/h3-9H,10H2,1-2H3,(H,23,24). The van der Waals surface area contributed by atoms with Crippen molar-refractivity contribution < 1.29 is 9.90 Å². The van der Waals surface area contributed by atoms with Crippen molar-refractivity contribution >= 4 is 17.6 Å². The maximum Gasteiger partial charge on any atom is 0.358 e. The van der Waals surface area contributed by atoms with Crippen molar-refractivity contribution in [2.24, 2.45) is 0 Å². The normalized spacial score (nSPS) is 10.8. The van der Waals surface area contributed by atoms with Gasteiger partial charge in [0.2, 0.25) is 0 Å². The summed E-state index contributed by atoms with van der Waals surface area (Å²) in [6.07, 6.45) is 0. The summed E-state index contributed by atoms with van der Waals surface area (Å²) in [5.41, 5.74) is 4.41. The zero-order valence-corrected chi connectivity index (χ0v) is 14.1. The number of carboxylic acids is 1. The van der Waals surface area contributed by atoms with E-state index >= 15 is 0 Å². The van der Waals surface area contributed by atoms with Crippen molar-refractivity contribution in [3.05, 3.63) is 69.9 Å². The minimum absolute atomic E-state index is 0.0815. The van der Waals surface area contributed by atoms with E-state index in [1.807, 2.05) is 26.0 Å². The molecule has 0 atom stereocenters. The number of carbonyl (C=O) groups is 1. The minimum Gasteiger partial charge on any atom is -0.476 e. The molecular weight excluding hydrogens is 326 g/mol. The van der Waals surface area contributed by atoms with Crippen LogP contribution < -0.4 is 0 Å². The topological polar surface area (TPSA) is 68.0 Å². The monoisotopic (exact) mass is 341 g/mol. The second-order valence-electron chi connectivity index (χ2n) is 5.69. The van der Waals surface area contributed by atoms with E-state index in [-0.39, 0.29) is 5.69 Å². The number of hydrogen-bond acceptors (Lipinski definition) is 3. The number of halogens is 1. The summed E-state index contributed by atoms with van der Waals surface area (Å²) in [6, 6.07) is 13.2. The Labute approximate surface area is 144 Å². The van der Waals surface area contributed by atoms with Gasteiger partial charge in [0.1, 0.15) is 5.69 Å². The summed E-state index contributed by atoms with van der Waals surface area (Å²) in [5.74, 6) is -1.11. The van der Waals surface area contributed by atoms with Gasteiger partial charge in [0.15, 0.2) is 5.69 Å². The first kappa shape index (κ1) is 16.2. The molecule has 0 aliphatic carbocycles. The number of hydrogen-bond donors (Lipinski definition) is 1. The molecular formula is C18H16ClN3O2. The molecule has 0 radical (unpaired) electrons. The zero-order chi connectivity index (χ0) is 17.3. The first-order valence-electron chi connectivity index (χ1n) is 7.44. The van der Waals surface area contributed by atoms with Crippen molar-refractivity contribution in [3.63, 3.8) is 0 Å². The molecule has 122 valence electrons. The summed E-state index contributed by atoms with van der Waals surface area (Å²) < 4.78 is 1.60. The van der Waals surface area contributed by atoms with Crippen LogP contribution in [0.4, 0.5) is 0 Å². The van der Waals surface area contributed by atoms with Crippen LogP contribution in [0.1, 0.15) is 27.2 Å². The second kappa shape index (κ2) is 6.45. The van der Waals surface area contributed by atoms with Gasteiger partial charge in [0.25, 0.3) is 0 Å². The molecule has 0 bridgehead atoms. The number of carboxylic acid groups (broad SMARTS) is 1. The lowest BCUT2D eigenvalue weighted by Gasteiger charge is -2.10. The summed E-state index contributed by atoms with van der Waals surface area (Å²) in [4.78, 5) is 11.5. The predicted octanol–water partition coefficient (Wildman–Crippen LogP) is 3.96. The SMILES string of the molecule is Cc1ccc(Cn2nnc(C(=O)O)c2-c2cccc(Cl)c2)c(C)c1. The largest absolute Gasteiger partial charge is 0.476 e. The third kappa shape index (κ3) is 3.16. The van der Waals surface area contributed by atoms with Crippen LogP contribution in [0, 0.1) is 13.8 Å². The van der Waals surface area contributed by atoms with Gasteiger partial charge in [0.05, 0.1) is 6.54 Å². The maximum absolute atomic E-state index is 11.5. The van der Waals surface area contributed by atoms with Gasteiger partial charge >= 0.3 is 5.97 Å². The second-order valence-corrected chi connectivity index (χ2v) is 6.13. The van der Waals surface area contributed by atoms with E-state index in [1.54, 1.807) is 28.9 Å². The number of aryl methyl sites for hydroxylation is 2. The summed E-state index contributed by atoms with van der Waals surface area (Å²) >= 11 is 6.05. The van der Waals surface area contributed by atoms with Gasteiger partial charge in [-0.15, -0.1) is 5.10 Å². The predicted molar refractivity (Wildman–Crippen MR) is 92.4 cm³/mol. The number of aromatic carboxylic acids is 1. The van der Waals surface area contributed by atoms with E-state index in [0.717, 1.165) is 11.1 Å². The van der Waals surface area contributed by atoms with Crippen LogP contribution in [0.15, 0.2) is 42.5 Å². The molecule has 1 N–H and O–H groups in total. The van der Waals surface area contributed by atoms with E-state index in [9.17, 15) is 9.90 Å². The average Bonchev–Trinajstić information content (AvgIpc) is 2.94. The molecule has 0 saturated heterocycles. The molecule has 2 aromatic carbocycles. The van der Waals surface area contributed by atoms with Crippen LogP contribution >= 0.6 is 11.6 Å². The van der Waals surface area contributed by atoms with Crippen LogP contribution in [-0.4, -0.2) is 26.1 Å². The van der Waals surface area contributed by atoms with Gasteiger partial charge in [-0.05, 0) is 37.1 Å². The molecule has 0 spiro atoms. The van der Waals surface area contributed by atoms with Crippen molar-refractivity contribution in [2.75, 3.05) is 0 Å². The van der Waals surface area contributed by atoms with Crippen LogP contribution in [0.5, 0.6) is 0 Å². The van der Waals surface area contributed by atoms with Crippen molar-refractivity contribution in [1.29, 1.82) is 0 Å². The van der Waals surface area contributed by atoms with Gasteiger partial charge in [-0.2, -0.15) is 0 Å². The molecule has 0 aliphatic rings. The van der Waals surface area contributed by atoms with E-state index in [4.69, 9.17) is 11.6 Å². The fraction of sp³-hybridized carbons (Fsp3) is 0.167. The van der Waals surface area contributed by atoms with Gasteiger partial charge in [0, 0.05) is 10.6 Å². The minimum atomic E-state index is -1.11. The molecule has 3 aromatic rings. The number of rotatable bonds is 4. The van der Waals surface area contributed by atoms with Crippen LogP contribution in [0.3, 0.4) is 0 Å². The van der Waals surface area contributed by atoms with Crippen molar-refractivity contribution in [1.82, 2.24) is 15.0 Å². The van der Waals surface area contributed by atoms with E-state index in [2.05, 4.69) is 16.4 Å². The average molecular weight is 342 g/mol. The van der Waals surface area contributed by atoms with Crippen LogP contribution in [0.2, 0.25) is 5.02 Å². The molecule has 1 aromatic heterocycles. The fourth-order valence-corrected chi connectivity index (χ4v) is 2.86. The highest BCUT2D eigenvalue weighted by Gasteiger charge is 2.21. The first-order chi connectivity index (χ1) is 11.5. The molecule has 24 heavy (non-hydrogen) atoms. The third-order valence-corrected chi connectivity index (χ3v) is 4.09. The highest BCUT2D eigenvalue weighted by molar-refractivity contribution is 6.30. The highest BCUT2D eigenvalue weighted by atomic mass is 35.5. The Morgan fingerprint density at radius 3 is 2.67 bits per heavy atom. The van der Waals surface area contributed by atoms with Crippen molar-refractivity contribution in [2.45, 2.75) is 20.4 Å². The molecule has 1 heterocycles. The molecule has 0 amide bonds. The molecule has 0 unspecified atom stereocenters. The Morgan fingerprint density at radius 2 is 2.00 bits per heavy atom. The summed E-state index contributed by atoms with van der Waals surface area (Å²) in [7, 11) is 0. The number of nitrogens with zero attached hydrogens (tertiary/aromatic N) is 3. The lowest BCUT2D eigenvalue weighted by atomic mass is 10.1. The Hall–Kier alpha value is -2.66. The van der Waals surface area contributed by atoms with E-state index in [1.165, 1.54) is 5.56 Å². The number of aromatic nitrogens is 3. The zero-order valence-electron chi connectivity index (χ0n) is 13.3. The Morgan fingerprint density at radius 1 is 1.21 bits per heavy atom. The smallest absolute Gasteiger partial charge is 0.358 e. The summed E-state index contributed by atoms with van der Waals surface area (Å²) in [5, 5.41) is 17.8. The highest BCUT2D eigenvalue weighted by Crippen LogP contribution is 2.26. The van der Waals surface area contributed by atoms with Crippen LogP contribution in [0.25, 0.3) is 11.3 Å². The van der Waals surface area contributed by atoms with Crippen molar-refractivity contribution in [3.8, 4) is 11.3 Å². The van der Waals surface area contributed by atoms with E-state index < -0.39 is 5.97 Å². The molecule has 3 rings (SSSR count). The molecule has 0 fully saturated rings. The van der Waals surface area contributed by atoms with E-state index in [0.29, 0.717) is 22.8 Å². The molecule has 0 saturated carbocycles. The maximum atomic E-state index is 11.5. The third-order valence-electron chi connectivity index (χ3n) is 3.85. The van der Waals surface area contributed by atoms with Gasteiger partial charge in [-0.3, -0.25) is 0 Å².